The Kier molecular flexibility index (Phi) is 3.11. The van der Waals surface area contributed by atoms with Crippen molar-refractivity contribution < 1.29 is 14.3 Å². The summed E-state index contributed by atoms with van der Waals surface area (Å²) >= 11 is 0. The van der Waals surface area contributed by atoms with E-state index in [2.05, 4.69) is 5.32 Å². The van der Waals surface area contributed by atoms with Crippen LogP contribution >= 0.6 is 0 Å². The Morgan fingerprint density at radius 3 is 2.74 bits per heavy atom. The number of hydrogen-bond donors (Lipinski definition) is 1. The maximum absolute atomic E-state index is 12.3. The van der Waals surface area contributed by atoms with Crippen molar-refractivity contribution in [3.05, 3.63) is 24.3 Å². The van der Waals surface area contributed by atoms with Gasteiger partial charge >= 0.3 is 0 Å². The normalized spacial score (nSPS) is 22.2. The van der Waals surface area contributed by atoms with Crippen LogP contribution in [0.25, 0.3) is 0 Å². The van der Waals surface area contributed by atoms with E-state index in [4.69, 9.17) is 4.74 Å². The van der Waals surface area contributed by atoms with Crippen molar-refractivity contribution in [3.8, 4) is 5.75 Å². The molecule has 0 spiro atoms. The third-order valence-electron chi connectivity index (χ3n) is 3.52. The third-order valence-corrected chi connectivity index (χ3v) is 3.52. The Hall–Kier alpha value is -2.04. The highest BCUT2D eigenvalue weighted by Gasteiger charge is 2.36. The van der Waals surface area contributed by atoms with Gasteiger partial charge in [0.1, 0.15) is 5.75 Å². The number of rotatable bonds is 1. The van der Waals surface area contributed by atoms with Crippen LogP contribution in [0.3, 0.4) is 0 Å². The predicted octanol–water partition coefficient (Wildman–Crippen LogP) is 1.40. The van der Waals surface area contributed by atoms with E-state index in [-0.39, 0.29) is 11.8 Å². The minimum atomic E-state index is -1.05. The highest BCUT2D eigenvalue weighted by molar-refractivity contribution is 6.11. The predicted molar refractivity (Wildman–Crippen MR) is 69.9 cm³/mol. The summed E-state index contributed by atoms with van der Waals surface area (Å²) in [6.07, 6.45) is 2.09. The lowest BCUT2D eigenvalue weighted by molar-refractivity contribution is -0.145. The van der Waals surface area contributed by atoms with E-state index in [0.29, 0.717) is 24.5 Å². The van der Waals surface area contributed by atoms with Crippen LogP contribution in [0.5, 0.6) is 5.75 Å². The van der Waals surface area contributed by atoms with Gasteiger partial charge in [0.15, 0.2) is 0 Å². The number of carbonyl (C=O) groups is 2. The summed E-state index contributed by atoms with van der Waals surface area (Å²) in [7, 11) is 0. The molecular formula is C14H16N2O3. The monoisotopic (exact) mass is 260 g/mol. The summed E-state index contributed by atoms with van der Waals surface area (Å²) in [5, 5.41) is 2.72. The SMILES string of the molecule is O=C1Nc2ccccc2OC1C(=O)N1CCCCC1. The molecule has 1 atom stereocenters. The molecule has 2 aliphatic heterocycles. The maximum atomic E-state index is 12.3. The number of hydrogen-bond acceptors (Lipinski definition) is 3. The van der Waals surface area contributed by atoms with Crippen LogP contribution in [0.15, 0.2) is 24.3 Å². The molecule has 1 fully saturated rings. The quantitative estimate of drug-likeness (QED) is 0.776. The second-order valence-electron chi connectivity index (χ2n) is 4.87. The molecule has 1 aromatic carbocycles. The highest BCUT2D eigenvalue weighted by Crippen LogP contribution is 2.29. The van der Waals surface area contributed by atoms with Crippen LogP contribution in [-0.2, 0) is 9.59 Å². The van der Waals surface area contributed by atoms with E-state index >= 15 is 0 Å². The van der Waals surface area contributed by atoms with Crippen LogP contribution in [0, 0.1) is 0 Å². The van der Waals surface area contributed by atoms with Gasteiger partial charge in [0.05, 0.1) is 5.69 Å². The number of nitrogens with one attached hydrogen (secondary N) is 1. The second-order valence-corrected chi connectivity index (χ2v) is 4.87. The summed E-state index contributed by atoms with van der Waals surface area (Å²) in [6, 6.07) is 7.15. The topological polar surface area (TPSA) is 58.6 Å². The van der Waals surface area contributed by atoms with E-state index in [0.717, 1.165) is 19.3 Å². The molecule has 19 heavy (non-hydrogen) atoms. The van der Waals surface area contributed by atoms with Gasteiger partial charge in [0, 0.05) is 13.1 Å². The molecule has 2 amide bonds. The number of para-hydroxylation sites is 2. The van der Waals surface area contributed by atoms with Gasteiger partial charge in [-0.25, -0.2) is 0 Å². The van der Waals surface area contributed by atoms with Gasteiger partial charge in [-0.15, -0.1) is 0 Å². The molecule has 0 saturated carbocycles. The zero-order valence-electron chi connectivity index (χ0n) is 10.6. The summed E-state index contributed by atoms with van der Waals surface area (Å²) < 4.78 is 5.56. The van der Waals surface area contributed by atoms with Crippen molar-refractivity contribution in [3.63, 3.8) is 0 Å². The number of benzene rings is 1. The summed E-state index contributed by atoms with van der Waals surface area (Å²) in [4.78, 5) is 26.0. The van der Waals surface area contributed by atoms with Gasteiger partial charge in [-0.1, -0.05) is 12.1 Å². The minimum absolute atomic E-state index is 0.230. The van der Waals surface area contributed by atoms with Crippen molar-refractivity contribution >= 4 is 17.5 Å². The second kappa shape index (κ2) is 4.91. The molecule has 5 heteroatoms. The standard InChI is InChI=1S/C14H16N2O3/c17-13-12(14(18)16-8-4-1-5-9-16)19-11-7-3-2-6-10(11)15-13/h2-3,6-7,12H,1,4-5,8-9H2,(H,15,17). The average Bonchev–Trinajstić information content (AvgIpc) is 2.47. The molecule has 0 bridgehead atoms. The summed E-state index contributed by atoms with van der Waals surface area (Å²) in [5.74, 6) is -0.0570. The van der Waals surface area contributed by atoms with Crippen molar-refractivity contribution in [2.45, 2.75) is 25.4 Å². The fraction of sp³-hybridized carbons (Fsp3) is 0.429. The third kappa shape index (κ3) is 2.28. The number of anilines is 1. The molecule has 1 unspecified atom stereocenters. The molecule has 0 aliphatic carbocycles. The number of nitrogens with zero attached hydrogens (tertiary/aromatic N) is 1. The lowest BCUT2D eigenvalue weighted by Crippen LogP contribution is -2.51. The first-order valence-electron chi connectivity index (χ1n) is 6.61. The number of fused-ring (bicyclic) bond motifs is 1. The Morgan fingerprint density at radius 2 is 1.95 bits per heavy atom. The number of piperidine rings is 1. The van der Waals surface area contributed by atoms with Crippen LogP contribution in [0.2, 0.25) is 0 Å². The zero-order chi connectivity index (χ0) is 13.2. The average molecular weight is 260 g/mol. The smallest absolute Gasteiger partial charge is 0.275 e. The first kappa shape index (κ1) is 12.0. The highest BCUT2D eigenvalue weighted by atomic mass is 16.5. The van der Waals surface area contributed by atoms with Crippen LogP contribution in [0.1, 0.15) is 19.3 Å². The molecule has 0 radical (unpaired) electrons. The van der Waals surface area contributed by atoms with Crippen molar-refractivity contribution in [2.75, 3.05) is 18.4 Å². The van der Waals surface area contributed by atoms with Gasteiger partial charge < -0.3 is 15.0 Å². The molecule has 5 nitrogen and oxygen atoms in total. The summed E-state index contributed by atoms with van der Waals surface area (Å²) in [5.41, 5.74) is 0.621. The number of likely N-dealkylation sites (tertiary alicyclic amines) is 1. The zero-order valence-corrected chi connectivity index (χ0v) is 10.6. The molecule has 1 saturated heterocycles. The Morgan fingerprint density at radius 1 is 1.21 bits per heavy atom. The van der Waals surface area contributed by atoms with Crippen LogP contribution in [0.4, 0.5) is 5.69 Å². The van der Waals surface area contributed by atoms with Gasteiger partial charge in [-0.2, -0.15) is 0 Å². The van der Waals surface area contributed by atoms with E-state index in [1.807, 2.05) is 12.1 Å². The molecular weight excluding hydrogens is 244 g/mol. The van der Waals surface area contributed by atoms with E-state index in [9.17, 15) is 9.59 Å². The van der Waals surface area contributed by atoms with Crippen molar-refractivity contribution in [2.24, 2.45) is 0 Å². The van der Waals surface area contributed by atoms with Crippen LogP contribution in [-0.4, -0.2) is 35.9 Å². The summed E-state index contributed by atoms with van der Waals surface area (Å²) in [6.45, 7) is 1.43. The Bertz CT molecular complexity index is 509. The maximum Gasteiger partial charge on any atom is 0.275 e. The first-order chi connectivity index (χ1) is 9.25. The van der Waals surface area contributed by atoms with Gasteiger partial charge in [0.2, 0.25) is 0 Å². The Balaban J connectivity index is 1.78. The number of carbonyl (C=O) groups excluding carboxylic acids is 2. The van der Waals surface area contributed by atoms with Crippen molar-refractivity contribution in [1.82, 2.24) is 4.90 Å². The fourth-order valence-electron chi connectivity index (χ4n) is 2.49. The molecule has 100 valence electrons. The minimum Gasteiger partial charge on any atom is -0.468 e. The Labute approximate surface area is 111 Å². The fourth-order valence-corrected chi connectivity index (χ4v) is 2.49. The molecule has 1 N–H and O–H groups in total. The lowest BCUT2D eigenvalue weighted by atomic mass is 10.1. The van der Waals surface area contributed by atoms with E-state index < -0.39 is 6.10 Å². The largest absolute Gasteiger partial charge is 0.468 e. The van der Waals surface area contributed by atoms with Gasteiger partial charge in [0.25, 0.3) is 17.9 Å². The molecule has 0 aromatic heterocycles. The molecule has 2 heterocycles. The van der Waals surface area contributed by atoms with Crippen molar-refractivity contribution in [1.29, 1.82) is 0 Å². The number of ether oxygens (including phenoxy) is 1. The van der Waals surface area contributed by atoms with Gasteiger partial charge in [-0.05, 0) is 31.4 Å². The van der Waals surface area contributed by atoms with Crippen LogP contribution < -0.4 is 10.1 Å². The van der Waals surface area contributed by atoms with Gasteiger partial charge in [-0.3, -0.25) is 9.59 Å². The van der Waals surface area contributed by atoms with E-state index in [1.165, 1.54) is 0 Å². The lowest BCUT2D eigenvalue weighted by Gasteiger charge is -2.32. The molecule has 2 aliphatic rings. The number of amides is 2. The molecule has 1 aromatic rings. The van der Waals surface area contributed by atoms with E-state index in [1.54, 1.807) is 17.0 Å². The molecule has 3 rings (SSSR count). The first-order valence-corrected chi connectivity index (χ1v) is 6.61.